The standard InChI is InChI=1S/C13H11Cl2FN2O/c1-19-11-4-2-3-10(13(11)17)18-7-5-8(14)12(16)9(15)6-7/h2-6,18H,17H2,1H3. The number of halogens is 3. The van der Waals surface area contributed by atoms with E-state index >= 15 is 0 Å². The van der Waals surface area contributed by atoms with Crippen molar-refractivity contribution in [2.45, 2.75) is 0 Å². The molecule has 0 unspecified atom stereocenters. The summed E-state index contributed by atoms with van der Waals surface area (Å²) >= 11 is 11.5. The van der Waals surface area contributed by atoms with Crippen molar-refractivity contribution < 1.29 is 9.13 Å². The van der Waals surface area contributed by atoms with Gasteiger partial charge in [-0.2, -0.15) is 0 Å². The third kappa shape index (κ3) is 2.85. The van der Waals surface area contributed by atoms with E-state index < -0.39 is 5.82 Å². The molecule has 0 saturated heterocycles. The average Bonchev–Trinajstić information content (AvgIpc) is 2.38. The minimum absolute atomic E-state index is 0.0588. The second-order valence-electron chi connectivity index (χ2n) is 3.80. The van der Waals surface area contributed by atoms with Crippen molar-refractivity contribution in [3.8, 4) is 5.75 Å². The maximum Gasteiger partial charge on any atom is 0.160 e. The van der Waals surface area contributed by atoms with Crippen molar-refractivity contribution in [1.29, 1.82) is 0 Å². The highest BCUT2D eigenvalue weighted by Crippen LogP contribution is 2.34. The van der Waals surface area contributed by atoms with Gasteiger partial charge in [0.2, 0.25) is 0 Å². The fourth-order valence-corrected chi connectivity index (χ4v) is 2.10. The molecule has 3 nitrogen and oxygen atoms in total. The molecule has 2 rings (SSSR count). The number of methoxy groups -OCH3 is 1. The number of nitrogen functional groups attached to an aromatic ring is 1. The van der Waals surface area contributed by atoms with Crippen LogP contribution in [0.15, 0.2) is 30.3 Å². The summed E-state index contributed by atoms with van der Waals surface area (Å²) in [7, 11) is 1.53. The molecule has 0 aliphatic carbocycles. The summed E-state index contributed by atoms with van der Waals surface area (Å²) in [6.45, 7) is 0. The van der Waals surface area contributed by atoms with Gasteiger partial charge in [-0.1, -0.05) is 29.3 Å². The molecule has 19 heavy (non-hydrogen) atoms. The van der Waals surface area contributed by atoms with Crippen LogP contribution in [0.3, 0.4) is 0 Å². The van der Waals surface area contributed by atoms with Crippen LogP contribution in [0.2, 0.25) is 10.0 Å². The first kappa shape index (κ1) is 13.8. The van der Waals surface area contributed by atoms with E-state index in [2.05, 4.69) is 5.32 Å². The van der Waals surface area contributed by atoms with Gasteiger partial charge < -0.3 is 15.8 Å². The summed E-state index contributed by atoms with van der Waals surface area (Å²) < 4.78 is 18.4. The van der Waals surface area contributed by atoms with Gasteiger partial charge in [-0.25, -0.2) is 4.39 Å². The van der Waals surface area contributed by atoms with Crippen LogP contribution in [-0.2, 0) is 0 Å². The van der Waals surface area contributed by atoms with Crippen molar-refractivity contribution in [2.24, 2.45) is 0 Å². The van der Waals surface area contributed by atoms with Crippen LogP contribution in [-0.4, -0.2) is 7.11 Å². The Morgan fingerprint density at radius 2 is 1.84 bits per heavy atom. The Hall–Kier alpha value is -1.65. The molecule has 0 heterocycles. The fraction of sp³-hybridized carbons (Fsp3) is 0.0769. The molecule has 0 radical (unpaired) electrons. The molecule has 0 fully saturated rings. The summed E-state index contributed by atoms with van der Waals surface area (Å²) in [6.07, 6.45) is 0. The van der Waals surface area contributed by atoms with Gasteiger partial charge in [0, 0.05) is 5.69 Å². The largest absolute Gasteiger partial charge is 0.495 e. The van der Waals surface area contributed by atoms with Crippen molar-refractivity contribution >= 4 is 40.3 Å². The monoisotopic (exact) mass is 300 g/mol. The summed E-state index contributed by atoms with van der Waals surface area (Å²) in [5.41, 5.74) is 7.53. The molecule has 2 aromatic carbocycles. The Morgan fingerprint density at radius 1 is 1.21 bits per heavy atom. The van der Waals surface area contributed by atoms with Crippen LogP contribution < -0.4 is 15.8 Å². The van der Waals surface area contributed by atoms with E-state index in [1.54, 1.807) is 18.2 Å². The van der Waals surface area contributed by atoms with E-state index in [1.165, 1.54) is 19.2 Å². The van der Waals surface area contributed by atoms with E-state index in [0.717, 1.165) is 0 Å². The van der Waals surface area contributed by atoms with E-state index in [0.29, 0.717) is 22.8 Å². The van der Waals surface area contributed by atoms with E-state index in [-0.39, 0.29) is 10.0 Å². The average molecular weight is 301 g/mol. The van der Waals surface area contributed by atoms with Gasteiger partial charge in [0.25, 0.3) is 0 Å². The molecule has 0 bridgehead atoms. The number of nitrogens with one attached hydrogen (secondary N) is 1. The topological polar surface area (TPSA) is 47.3 Å². The molecule has 2 aromatic rings. The lowest BCUT2D eigenvalue weighted by Crippen LogP contribution is -1.99. The van der Waals surface area contributed by atoms with Crippen LogP contribution >= 0.6 is 23.2 Å². The number of anilines is 3. The van der Waals surface area contributed by atoms with Crippen molar-refractivity contribution in [3.63, 3.8) is 0 Å². The maximum atomic E-state index is 13.3. The number of nitrogens with two attached hydrogens (primary N) is 1. The fourth-order valence-electron chi connectivity index (χ4n) is 1.61. The molecule has 0 aliphatic heterocycles. The molecule has 3 N–H and O–H groups in total. The Morgan fingerprint density at radius 3 is 2.42 bits per heavy atom. The minimum Gasteiger partial charge on any atom is -0.495 e. The number of ether oxygens (including phenoxy) is 1. The van der Waals surface area contributed by atoms with Crippen molar-refractivity contribution in [1.82, 2.24) is 0 Å². The normalized spacial score (nSPS) is 10.3. The summed E-state index contributed by atoms with van der Waals surface area (Å²) in [4.78, 5) is 0. The maximum absolute atomic E-state index is 13.3. The van der Waals surface area contributed by atoms with Crippen LogP contribution in [0, 0.1) is 5.82 Å². The zero-order valence-corrected chi connectivity index (χ0v) is 11.5. The quantitative estimate of drug-likeness (QED) is 0.649. The third-order valence-electron chi connectivity index (χ3n) is 2.55. The molecular weight excluding hydrogens is 290 g/mol. The molecule has 0 aromatic heterocycles. The van der Waals surface area contributed by atoms with Crippen molar-refractivity contribution in [3.05, 3.63) is 46.2 Å². The zero-order valence-electron chi connectivity index (χ0n) is 10.0. The Bertz CT molecular complexity index is 597. The summed E-state index contributed by atoms with van der Waals surface area (Å²) in [5.74, 6) is -0.100. The highest BCUT2D eigenvalue weighted by atomic mass is 35.5. The molecule has 6 heteroatoms. The van der Waals surface area contributed by atoms with Gasteiger partial charge in [-0.15, -0.1) is 0 Å². The van der Waals surface area contributed by atoms with Crippen LogP contribution in [0.5, 0.6) is 5.75 Å². The van der Waals surface area contributed by atoms with E-state index in [1.807, 2.05) is 0 Å². The summed E-state index contributed by atoms with van der Waals surface area (Å²) in [5, 5.41) is 2.90. The highest BCUT2D eigenvalue weighted by molar-refractivity contribution is 6.35. The second kappa shape index (κ2) is 5.55. The lowest BCUT2D eigenvalue weighted by Gasteiger charge is -2.13. The number of hydrogen-bond acceptors (Lipinski definition) is 3. The molecule has 0 amide bonds. The van der Waals surface area contributed by atoms with E-state index in [4.69, 9.17) is 33.7 Å². The van der Waals surface area contributed by atoms with Crippen LogP contribution in [0.25, 0.3) is 0 Å². The number of para-hydroxylation sites is 1. The second-order valence-corrected chi connectivity index (χ2v) is 4.61. The predicted octanol–water partition coefficient (Wildman–Crippen LogP) is 4.47. The highest BCUT2D eigenvalue weighted by Gasteiger charge is 2.10. The first-order valence-corrected chi connectivity index (χ1v) is 6.12. The molecule has 0 aliphatic rings. The number of benzene rings is 2. The lowest BCUT2D eigenvalue weighted by molar-refractivity contribution is 0.417. The van der Waals surface area contributed by atoms with Crippen molar-refractivity contribution in [2.75, 3.05) is 18.2 Å². The molecule has 100 valence electrons. The molecule has 0 atom stereocenters. The predicted molar refractivity (Wildman–Crippen MR) is 77.1 cm³/mol. The van der Waals surface area contributed by atoms with Gasteiger partial charge in [0.15, 0.2) is 5.82 Å². The van der Waals surface area contributed by atoms with Gasteiger partial charge in [0.1, 0.15) is 5.75 Å². The number of hydrogen-bond donors (Lipinski definition) is 2. The van der Waals surface area contributed by atoms with Crippen LogP contribution in [0.1, 0.15) is 0 Å². The SMILES string of the molecule is COc1cccc(Nc2cc(Cl)c(F)c(Cl)c2)c1N. The molecule has 0 spiro atoms. The number of rotatable bonds is 3. The first-order chi connectivity index (χ1) is 9.02. The van der Waals surface area contributed by atoms with Gasteiger partial charge in [-0.05, 0) is 24.3 Å². The smallest absolute Gasteiger partial charge is 0.160 e. The Labute approximate surface area is 120 Å². The lowest BCUT2D eigenvalue weighted by atomic mass is 10.2. The first-order valence-electron chi connectivity index (χ1n) is 5.37. The van der Waals surface area contributed by atoms with Gasteiger partial charge >= 0.3 is 0 Å². The third-order valence-corrected chi connectivity index (χ3v) is 3.10. The molecule has 0 saturated carbocycles. The molecular formula is C13H11Cl2FN2O. The van der Waals surface area contributed by atoms with Crippen LogP contribution in [0.4, 0.5) is 21.5 Å². The van der Waals surface area contributed by atoms with E-state index in [9.17, 15) is 4.39 Å². The minimum atomic E-state index is -0.646. The van der Waals surface area contributed by atoms with Gasteiger partial charge in [0.05, 0.1) is 28.5 Å². The van der Waals surface area contributed by atoms with Gasteiger partial charge in [-0.3, -0.25) is 0 Å². The Kier molecular flexibility index (Phi) is 4.02. The zero-order chi connectivity index (χ0) is 14.0. The Balaban J connectivity index is 2.36. The summed E-state index contributed by atoms with van der Waals surface area (Å²) in [6, 6.07) is 8.15.